The van der Waals surface area contributed by atoms with Crippen LogP contribution >= 0.6 is 0 Å². The summed E-state index contributed by atoms with van der Waals surface area (Å²) in [6.07, 6.45) is 0. The third-order valence-corrected chi connectivity index (χ3v) is 7.46. The van der Waals surface area contributed by atoms with Crippen molar-refractivity contribution < 1.29 is 29.3 Å². The number of aromatic hydroxyl groups is 4. The van der Waals surface area contributed by atoms with Crippen LogP contribution in [-0.2, 0) is 13.1 Å². The molecule has 44 heavy (non-hydrogen) atoms. The minimum atomic E-state index is -0.583. The summed E-state index contributed by atoms with van der Waals surface area (Å²) in [4.78, 5) is 29.1. The number of anilines is 2. The van der Waals surface area contributed by atoms with Gasteiger partial charge in [0, 0.05) is 72.6 Å². The number of benzene rings is 4. The Morgan fingerprint density at radius 1 is 0.500 bits per heavy atom. The minimum Gasteiger partial charge on any atom is -0.504 e. The third kappa shape index (κ3) is 5.86. The fraction of sp³-hybridized carbons (Fsp3) is 0.118. The second kappa shape index (κ2) is 11.8. The Bertz CT molecular complexity index is 1920. The molecule has 0 bridgehead atoms. The summed E-state index contributed by atoms with van der Waals surface area (Å²) < 4.78 is 10.6. The molecule has 6 aromatic rings. The molecule has 0 spiro atoms. The summed E-state index contributed by atoms with van der Waals surface area (Å²) in [6, 6.07) is 27.2. The number of hydrogen-bond donors (Lipinski definition) is 4. The maximum absolute atomic E-state index is 12.4. The van der Waals surface area contributed by atoms with Crippen LogP contribution in [0, 0.1) is 0 Å². The van der Waals surface area contributed by atoms with Gasteiger partial charge in [0.1, 0.15) is 11.2 Å². The van der Waals surface area contributed by atoms with Gasteiger partial charge in [-0.2, -0.15) is 0 Å². The van der Waals surface area contributed by atoms with Crippen molar-refractivity contribution in [1.29, 1.82) is 0 Å². The van der Waals surface area contributed by atoms with Crippen molar-refractivity contribution >= 4 is 33.3 Å². The average molecular weight is 593 g/mol. The minimum absolute atomic E-state index is 0.158. The molecule has 0 aliphatic rings. The van der Waals surface area contributed by atoms with E-state index in [1.165, 1.54) is 36.4 Å². The van der Waals surface area contributed by atoms with Gasteiger partial charge >= 0.3 is 11.3 Å². The molecule has 0 fully saturated rings. The lowest BCUT2D eigenvalue weighted by Crippen LogP contribution is -2.35. The molecule has 6 rings (SSSR count). The van der Waals surface area contributed by atoms with Gasteiger partial charge in [-0.15, -0.1) is 0 Å². The number of para-hydroxylation sites is 2. The molecule has 0 saturated heterocycles. The first-order chi connectivity index (χ1) is 21.2. The molecule has 0 radical (unpaired) electrons. The van der Waals surface area contributed by atoms with Crippen LogP contribution in [0.15, 0.2) is 115 Å². The van der Waals surface area contributed by atoms with Crippen LogP contribution in [0.1, 0.15) is 11.1 Å². The molecule has 10 heteroatoms. The molecule has 2 aromatic heterocycles. The van der Waals surface area contributed by atoms with E-state index >= 15 is 0 Å². The second-order valence-electron chi connectivity index (χ2n) is 10.4. The number of phenolic OH excluding ortho intramolecular Hbond substituents is 4. The van der Waals surface area contributed by atoms with Gasteiger partial charge in [0.25, 0.3) is 0 Å². The van der Waals surface area contributed by atoms with E-state index in [4.69, 9.17) is 8.83 Å². The van der Waals surface area contributed by atoms with Crippen molar-refractivity contribution in [1.82, 2.24) is 0 Å². The summed E-state index contributed by atoms with van der Waals surface area (Å²) in [5, 5.41) is 41.3. The SMILES string of the molecule is O=c1cc(CN(CCN(Cc2cc(=O)oc3cc(O)c(O)cc23)c2ccccc2)c2ccccc2)c2cc(O)c(O)cc2o1. The van der Waals surface area contributed by atoms with Gasteiger partial charge in [0.05, 0.1) is 0 Å². The molecule has 0 unspecified atom stereocenters. The molecule has 4 aromatic carbocycles. The zero-order valence-electron chi connectivity index (χ0n) is 23.4. The smallest absolute Gasteiger partial charge is 0.336 e. The summed E-state index contributed by atoms with van der Waals surface area (Å²) >= 11 is 0. The molecule has 0 atom stereocenters. The van der Waals surface area contributed by atoms with Crippen LogP contribution < -0.4 is 21.1 Å². The Kier molecular flexibility index (Phi) is 7.55. The van der Waals surface area contributed by atoms with E-state index in [0.717, 1.165) is 11.4 Å². The fourth-order valence-corrected chi connectivity index (χ4v) is 5.29. The normalized spacial score (nSPS) is 11.2. The topological polar surface area (TPSA) is 148 Å². The van der Waals surface area contributed by atoms with Crippen LogP contribution in [-0.4, -0.2) is 33.5 Å². The Morgan fingerprint density at radius 3 is 1.25 bits per heavy atom. The number of phenols is 4. The van der Waals surface area contributed by atoms with Gasteiger partial charge in [0.15, 0.2) is 23.0 Å². The van der Waals surface area contributed by atoms with Crippen LogP contribution in [0.25, 0.3) is 21.9 Å². The van der Waals surface area contributed by atoms with Gasteiger partial charge < -0.3 is 39.1 Å². The summed E-state index contributed by atoms with van der Waals surface area (Å²) in [6.45, 7) is 1.50. The highest BCUT2D eigenvalue weighted by Gasteiger charge is 2.18. The van der Waals surface area contributed by atoms with Gasteiger partial charge in [-0.25, -0.2) is 9.59 Å². The summed E-state index contributed by atoms with van der Waals surface area (Å²) in [5.74, 6) is -1.43. The van der Waals surface area contributed by atoms with Gasteiger partial charge in [-0.3, -0.25) is 0 Å². The first kappa shape index (κ1) is 28.2. The zero-order valence-corrected chi connectivity index (χ0v) is 23.4. The second-order valence-corrected chi connectivity index (χ2v) is 10.4. The van der Waals surface area contributed by atoms with Crippen molar-refractivity contribution in [2.75, 3.05) is 22.9 Å². The van der Waals surface area contributed by atoms with Crippen molar-refractivity contribution in [2.24, 2.45) is 0 Å². The molecule has 0 aliphatic heterocycles. The number of rotatable bonds is 9. The lowest BCUT2D eigenvalue weighted by molar-refractivity contribution is 0.403. The molecule has 4 N–H and O–H groups in total. The molecule has 222 valence electrons. The van der Waals surface area contributed by atoms with Crippen LogP contribution in [0.4, 0.5) is 11.4 Å². The van der Waals surface area contributed by atoms with Crippen LogP contribution in [0.2, 0.25) is 0 Å². The highest BCUT2D eigenvalue weighted by Crippen LogP contribution is 2.34. The first-order valence-corrected chi connectivity index (χ1v) is 13.8. The predicted octanol–water partition coefficient (Wildman–Crippen LogP) is 5.44. The molecule has 2 heterocycles. The van der Waals surface area contributed by atoms with Crippen molar-refractivity contribution in [3.8, 4) is 23.0 Å². The standard InChI is InChI=1S/C34H28N2O8/c37-27-15-25-21(13-33(41)43-31(25)17-29(27)39)19-35(23-7-3-1-4-8-23)11-12-36(24-9-5-2-6-10-24)20-22-14-34(42)44-32-18-30(40)28(38)16-26(22)32/h1-10,13-18,37-40H,11-12,19-20H2. The predicted molar refractivity (Wildman–Crippen MR) is 167 cm³/mol. The lowest BCUT2D eigenvalue weighted by atomic mass is 10.1. The highest BCUT2D eigenvalue weighted by molar-refractivity contribution is 5.85. The molecular formula is C34H28N2O8. The Hall–Kier alpha value is -5.90. The van der Waals surface area contributed by atoms with E-state index in [1.54, 1.807) is 0 Å². The largest absolute Gasteiger partial charge is 0.504 e. The molecule has 0 amide bonds. The van der Waals surface area contributed by atoms with E-state index < -0.39 is 11.3 Å². The molecular weight excluding hydrogens is 564 g/mol. The third-order valence-electron chi connectivity index (χ3n) is 7.46. The Labute approximate surface area is 250 Å². The first-order valence-electron chi connectivity index (χ1n) is 13.8. The molecule has 0 saturated carbocycles. The lowest BCUT2D eigenvalue weighted by Gasteiger charge is -2.31. The van der Waals surface area contributed by atoms with Gasteiger partial charge in [-0.05, 0) is 47.5 Å². The average Bonchev–Trinajstić information content (AvgIpc) is 3.01. The summed E-state index contributed by atoms with van der Waals surface area (Å²) in [5.41, 5.74) is 2.12. The van der Waals surface area contributed by atoms with Crippen LogP contribution in [0.5, 0.6) is 23.0 Å². The Morgan fingerprint density at radius 2 is 0.864 bits per heavy atom. The maximum Gasteiger partial charge on any atom is 0.336 e. The van der Waals surface area contributed by atoms with E-state index in [9.17, 15) is 30.0 Å². The highest BCUT2D eigenvalue weighted by atomic mass is 16.4. The van der Waals surface area contributed by atoms with Crippen molar-refractivity contribution in [3.05, 3.63) is 129 Å². The van der Waals surface area contributed by atoms with Gasteiger partial charge in [0.2, 0.25) is 0 Å². The molecule has 0 aliphatic carbocycles. The quantitative estimate of drug-likeness (QED) is 0.126. The van der Waals surface area contributed by atoms with E-state index in [2.05, 4.69) is 9.80 Å². The van der Waals surface area contributed by atoms with Crippen molar-refractivity contribution in [2.45, 2.75) is 13.1 Å². The fourth-order valence-electron chi connectivity index (χ4n) is 5.29. The number of nitrogens with zero attached hydrogens (tertiary/aromatic N) is 2. The van der Waals surface area contributed by atoms with Crippen LogP contribution in [0.3, 0.4) is 0 Å². The van der Waals surface area contributed by atoms with E-state index in [1.807, 2.05) is 60.7 Å². The van der Waals surface area contributed by atoms with Crippen molar-refractivity contribution in [3.63, 3.8) is 0 Å². The van der Waals surface area contributed by atoms with Gasteiger partial charge in [-0.1, -0.05) is 36.4 Å². The monoisotopic (exact) mass is 592 g/mol. The maximum atomic E-state index is 12.4. The zero-order chi connectivity index (χ0) is 30.8. The summed E-state index contributed by atoms with van der Waals surface area (Å²) in [7, 11) is 0. The van der Waals surface area contributed by atoms with E-state index in [0.29, 0.717) is 35.0 Å². The molecule has 10 nitrogen and oxygen atoms in total. The number of fused-ring (bicyclic) bond motifs is 2. The Balaban J connectivity index is 1.37. The van der Waals surface area contributed by atoms with E-state index in [-0.39, 0.29) is 47.3 Å². The number of hydrogen-bond acceptors (Lipinski definition) is 10.